The van der Waals surface area contributed by atoms with Crippen molar-refractivity contribution in [1.29, 1.82) is 0 Å². The maximum atomic E-state index is 13.6. The van der Waals surface area contributed by atoms with Crippen molar-refractivity contribution < 1.29 is 38.2 Å². The van der Waals surface area contributed by atoms with Crippen LogP contribution in [0, 0.1) is 11.8 Å². The van der Waals surface area contributed by atoms with Crippen LogP contribution in [-0.4, -0.2) is 200 Å². The van der Waals surface area contributed by atoms with E-state index in [-0.39, 0.29) is 47.9 Å². The van der Waals surface area contributed by atoms with E-state index in [2.05, 4.69) is 170 Å². The quantitative estimate of drug-likeness (QED) is 0.0357. The van der Waals surface area contributed by atoms with E-state index in [0.717, 1.165) is 210 Å². The Kier molecular flexibility index (Phi) is 24.3. The molecule has 9 aromatic heterocycles. The average Bonchev–Trinajstić information content (AvgIpc) is 1.66. The van der Waals surface area contributed by atoms with E-state index < -0.39 is 29.9 Å². The number of aromatic amines is 6. The third-order valence-corrected chi connectivity index (χ3v) is 26.1. The van der Waals surface area contributed by atoms with E-state index in [1.54, 1.807) is 20.9 Å². The summed E-state index contributed by atoms with van der Waals surface area (Å²) in [6.07, 6.45) is 18.6. The summed E-state index contributed by atoms with van der Waals surface area (Å²) >= 11 is 0. The molecule has 6 aromatic carbocycles. The number of fused-ring (bicyclic) bond motifs is 6. The van der Waals surface area contributed by atoms with Crippen LogP contribution in [0.4, 0.5) is 14.4 Å². The van der Waals surface area contributed by atoms with Gasteiger partial charge in [0.1, 0.15) is 52.6 Å². The van der Waals surface area contributed by atoms with Crippen LogP contribution in [0.2, 0.25) is 0 Å². The van der Waals surface area contributed by atoms with Crippen LogP contribution >= 0.6 is 0 Å². The average molecular weight is 1770 g/mol. The van der Waals surface area contributed by atoms with Crippen molar-refractivity contribution in [1.82, 2.24) is 126 Å². The Morgan fingerprint density at radius 2 is 0.756 bits per heavy atom. The van der Waals surface area contributed by atoms with Crippen molar-refractivity contribution in [2.75, 3.05) is 46.9 Å². The number of ether oxygens (including phenoxy) is 3. The lowest BCUT2D eigenvalue weighted by Gasteiger charge is -2.30. The Hall–Kier alpha value is -14.0. The predicted octanol–water partition coefficient (Wildman–Crippen LogP) is 17.4. The Morgan fingerprint density at radius 3 is 1.18 bits per heavy atom. The van der Waals surface area contributed by atoms with Gasteiger partial charge in [-0.25, -0.2) is 44.3 Å². The second kappa shape index (κ2) is 36.9. The van der Waals surface area contributed by atoms with E-state index in [9.17, 15) is 24.0 Å². The third-order valence-electron chi connectivity index (χ3n) is 26.1. The highest BCUT2D eigenvalue weighted by Gasteiger charge is 2.41. The molecule has 1 unspecified atom stereocenters. The highest BCUT2D eigenvalue weighted by atomic mass is 16.6. The second-order valence-corrected chi connectivity index (χ2v) is 36.8. The van der Waals surface area contributed by atoms with Gasteiger partial charge >= 0.3 is 18.3 Å². The zero-order chi connectivity index (χ0) is 90.3. The lowest BCUT2D eigenvalue weighted by Crippen LogP contribution is -2.51. The molecule has 5 amide bonds. The summed E-state index contributed by atoms with van der Waals surface area (Å²) in [4.78, 5) is 119. The monoisotopic (exact) mass is 1760 g/mol. The minimum atomic E-state index is -0.708. The molecule has 1 aliphatic carbocycles. The molecule has 14 heterocycles. The standard InChI is InChI=1S/C40H48N10O6.C32H35N7O2.C26H26N8/c1-21(2)33(45-39(53)55-5)37(51)49-15-7-9-31(49)35-41-20-30(44-35)25-12-11-23-17-27(47-48-28(23)18-25)24-13-14-26-29(19-24)43-36(42-26)32-10-8-16-50(32)38(52)34(22(3)4)46-40(54)56-6;1-32(2,3)41-31(40)39-14-6-9-28(39)30-34-23-13-12-21(17-26(23)35-30)24-15-20-10-11-22(16-25(20)38-37-24)27-18-33-29(36-27)19-7-4-5-8-19;1-3-19(27-9-1)25-29-14-24(32-25)17-6-5-15-11-21(33-34-22(15)12-17)16-7-8-18-23(13-16)31-26(30-18)20-4-2-10-28-20/h11-14,17-22,31-34H,7-10,15-16H2,1-6H3,(H,41,44)(H,42,43)(H,45,53)(H,46,54);10-13,15-19,28H,4-9,14H2,1-3H3,(H,33,36)(H,34,35);5-8,11-14,19-20,27-28H,1-4,9-10H2,(H,29,32)(H,30,31)/t31-,32-,33-,34-;;19-,20-/m0.0/s1. The highest BCUT2D eigenvalue weighted by Crippen LogP contribution is 2.41. The second-order valence-electron chi connectivity index (χ2n) is 36.8. The fraction of sp³-hybridized carbons (Fsp3) is 0.398. The van der Waals surface area contributed by atoms with Gasteiger partial charge in [-0.1, -0.05) is 95.1 Å². The van der Waals surface area contributed by atoms with E-state index >= 15 is 0 Å². The van der Waals surface area contributed by atoms with Crippen molar-refractivity contribution in [3.05, 3.63) is 181 Å². The molecule has 15 aromatic rings. The third kappa shape index (κ3) is 18.4. The molecular weight excluding hydrogens is 1660 g/mol. The SMILES string of the molecule is CC(C)(C)OC(=O)N1CCCC1c1nc2ccc(-c3cc4ccc(-c5cnc(C6CCCC6)[nH]5)cc4nn3)cc2[nH]1.COC(=O)N[C@H](C(=O)N1CCC[C@H]1c1ncc(-c2ccc3cc(-c4ccc5nc([C@@H]6CCCN6C(=O)[C@@H](NC(=O)OC)C(C)C)[nH]c5c4)nnc3c2)[nH]1)C(C)C.c1cc2nc([C@@H]3CCCN3)[nH]c2cc1-c1cc2ccc(-c3cnc([C@@H]4CCCN4)[nH]3)cc2nn1. The fourth-order valence-electron chi connectivity index (χ4n) is 19.1. The number of hydrogen-bond donors (Lipinski definition) is 10. The Labute approximate surface area is 755 Å². The van der Waals surface area contributed by atoms with Gasteiger partial charge in [-0.05, 0) is 196 Å². The van der Waals surface area contributed by atoms with Crippen LogP contribution in [0.5, 0.6) is 0 Å². The first-order chi connectivity index (χ1) is 63.5. The van der Waals surface area contributed by atoms with E-state index in [4.69, 9.17) is 29.2 Å². The number of benzene rings is 6. The number of carbonyl (C=O) groups is 5. The first kappa shape index (κ1) is 86.4. The van der Waals surface area contributed by atoms with Crippen LogP contribution in [-0.2, 0) is 23.8 Å². The zero-order valence-electron chi connectivity index (χ0n) is 75.0. The van der Waals surface area contributed by atoms with E-state index in [1.807, 2.05) is 115 Å². The summed E-state index contributed by atoms with van der Waals surface area (Å²) in [5.74, 6) is 5.30. The normalized spacial score (nSPS) is 18.8. The molecule has 33 heteroatoms. The number of likely N-dealkylation sites (tertiary alicyclic amines) is 3. The van der Waals surface area contributed by atoms with E-state index in [0.29, 0.717) is 60.5 Å². The Balaban J connectivity index is 0.000000131. The van der Waals surface area contributed by atoms with Crippen LogP contribution in [0.25, 0.3) is 133 Å². The molecule has 7 atom stereocenters. The molecule has 0 bridgehead atoms. The van der Waals surface area contributed by atoms with Crippen LogP contribution in [0.1, 0.15) is 209 Å². The highest BCUT2D eigenvalue weighted by molar-refractivity contribution is 5.93. The number of imidazole rings is 6. The number of hydrogen-bond acceptors (Lipinski definition) is 22. The van der Waals surface area contributed by atoms with Crippen LogP contribution < -0.4 is 21.3 Å². The van der Waals surface area contributed by atoms with Crippen LogP contribution in [0.15, 0.2) is 146 Å². The molecule has 674 valence electrons. The molecule has 5 saturated heterocycles. The number of nitrogens with one attached hydrogen (secondary N) is 10. The molecule has 6 fully saturated rings. The number of carbonyl (C=O) groups excluding carboxylic acids is 5. The van der Waals surface area contributed by atoms with Gasteiger partial charge < -0.3 is 75.2 Å². The van der Waals surface area contributed by atoms with Gasteiger partial charge in [0, 0.05) is 75.1 Å². The van der Waals surface area contributed by atoms with Gasteiger partial charge in [0.2, 0.25) is 11.8 Å². The van der Waals surface area contributed by atoms with Crippen molar-refractivity contribution in [2.24, 2.45) is 11.8 Å². The maximum Gasteiger partial charge on any atom is 0.410 e. The number of aromatic nitrogens is 18. The molecule has 21 rings (SSSR count). The number of alkyl carbamates (subject to hydrolysis) is 2. The molecule has 131 heavy (non-hydrogen) atoms. The first-order valence-electron chi connectivity index (χ1n) is 45.8. The van der Waals surface area contributed by atoms with Crippen molar-refractivity contribution in [2.45, 2.75) is 192 Å². The maximum absolute atomic E-state index is 13.6. The molecule has 1 saturated carbocycles. The van der Waals surface area contributed by atoms with Gasteiger partial charge in [0.05, 0.1) is 147 Å². The Bertz CT molecular complexity index is 6760. The Morgan fingerprint density at radius 1 is 0.382 bits per heavy atom. The smallest absolute Gasteiger partial charge is 0.410 e. The lowest BCUT2D eigenvalue weighted by molar-refractivity contribution is -0.136. The minimum absolute atomic E-state index is 0.120. The molecule has 6 aliphatic rings. The summed E-state index contributed by atoms with van der Waals surface area (Å²) < 4.78 is 15.2. The van der Waals surface area contributed by atoms with Gasteiger partial charge in [-0.3, -0.25) is 14.5 Å². The fourth-order valence-corrected chi connectivity index (χ4v) is 19.1. The number of methoxy groups -OCH3 is 2. The predicted molar refractivity (Wildman–Crippen MR) is 498 cm³/mol. The summed E-state index contributed by atoms with van der Waals surface area (Å²) in [5, 5.41) is 42.7. The zero-order valence-corrected chi connectivity index (χ0v) is 75.0. The van der Waals surface area contributed by atoms with Crippen LogP contribution in [0.3, 0.4) is 0 Å². The first-order valence-corrected chi connectivity index (χ1v) is 45.8. The van der Waals surface area contributed by atoms with Gasteiger partial charge in [0.15, 0.2) is 0 Å². The van der Waals surface area contributed by atoms with Crippen molar-refractivity contribution in [3.63, 3.8) is 0 Å². The molecule has 5 aliphatic heterocycles. The molecule has 0 radical (unpaired) electrons. The molecule has 33 nitrogen and oxygen atoms in total. The molecular formula is C98H109N25O8. The topological polar surface area (TPSA) is 420 Å². The number of H-pyrrole nitrogens is 6. The lowest BCUT2D eigenvalue weighted by atomic mass is 10.0. The summed E-state index contributed by atoms with van der Waals surface area (Å²) in [5.41, 5.74) is 18.3. The van der Waals surface area contributed by atoms with Gasteiger partial charge in [0.25, 0.3) is 0 Å². The molecule has 10 N–H and O–H groups in total. The number of rotatable bonds is 18. The van der Waals surface area contributed by atoms with Crippen molar-refractivity contribution >= 4 is 95.9 Å². The number of amides is 5. The van der Waals surface area contributed by atoms with E-state index in [1.165, 1.54) is 52.7 Å². The largest absolute Gasteiger partial charge is 0.453 e. The number of nitrogens with zero attached hydrogens (tertiary/aromatic N) is 15. The van der Waals surface area contributed by atoms with Crippen molar-refractivity contribution in [3.8, 4) is 67.5 Å². The minimum Gasteiger partial charge on any atom is -0.453 e. The summed E-state index contributed by atoms with van der Waals surface area (Å²) in [7, 11) is 2.57. The van der Waals surface area contributed by atoms with Gasteiger partial charge in [-0.15, -0.1) is 30.6 Å². The summed E-state index contributed by atoms with van der Waals surface area (Å²) in [6.45, 7) is 17.2. The molecule has 0 spiro atoms. The van der Waals surface area contributed by atoms with Gasteiger partial charge in [-0.2, -0.15) is 0 Å². The summed E-state index contributed by atoms with van der Waals surface area (Å²) in [6, 6.07) is 41.5.